The lowest BCUT2D eigenvalue weighted by Gasteiger charge is -2.28. The Balaban J connectivity index is 0.000001000. The molecule has 0 aromatic carbocycles. The lowest BCUT2D eigenvalue weighted by molar-refractivity contribution is 0.137. The summed E-state index contributed by atoms with van der Waals surface area (Å²) < 4.78 is 0. The van der Waals surface area contributed by atoms with Gasteiger partial charge in [0, 0.05) is 20.6 Å². The average Bonchev–Trinajstić information content (AvgIpc) is 1.88. The monoisotopic (exact) mass is 144 g/mol. The van der Waals surface area contributed by atoms with Crippen molar-refractivity contribution in [1.29, 1.82) is 0 Å². The Bertz CT molecular complexity index is 90.1. The second-order valence-electron chi connectivity index (χ2n) is 3.33. The van der Waals surface area contributed by atoms with Crippen molar-refractivity contribution in [3.05, 3.63) is 0 Å². The SMILES string of the molecule is CC(C)NN1CCCCC1.[HH]. The van der Waals surface area contributed by atoms with Gasteiger partial charge in [-0.25, -0.2) is 5.01 Å². The molecule has 0 unspecified atom stereocenters. The van der Waals surface area contributed by atoms with Crippen LogP contribution < -0.4 is 5.43 Å². The fraction of sp³-hybridized carbons (Fsp3) is 1.00. The van der Waals surface area contributed by atoms with Gasteiger partial charge in [-0.2, -0.15) is 0 Å². The highest BCUT2D eigenvalue weighted by Crippen LogP contribution is 2.05. The molecule has 10 heavy (non-hydrogen) atoms. The zero-order valence-corrected chi connectivity index (χ0v) is 7.06. The fourth-order valence-corrected chi connectivity index (χ4v) is 1.39. The van der Waals surface area contributed by atoms with Gasteiger partial charge in [-0.3, -0.25) is 5.43 Å². The summed E-state index contributed by atoms with van der Waals surface area (Å²) in [7, 11) is 0. The summed E-state index contributed by atoms with van der Waals surface area (Å²) in [6, 6.07) is 0.595. The third kappa shape index (κ3) is 2.67. The largest absolute Gasteiger partial charge is 0.253 e. The molecule has 0 saturated carbocycles. The van der Waals surface area contributed by atoms with Crippen molar-refractivity contribution < 1.29 is 1.43 Å². The second-order valence-corrected chi connectivity index (χ2v) is 3.33. The van der Waals surface area contributed by atoms with Gasteiger partial charge in [0.2, 0.25) is 0 Å². The number of nitrogens with zero attached hydrogens (tertiary/aromatic N) is 1. The van der Waals surface area contributed by atoms with Crippen LogP contribution in [-0.4, -0.2) is 24.1 Å². The third-order valence-corrected chi connectivity index (χ3v) is 1.80. The van der Waals surface area contributed by atoms with Crippen molar-refractivity contribution in [3.8, 4) is 0 Å². The summed E-state index contributed by atoms with van der Waals surface area (Å²) in [5, 5.41) is 2.34. The smallest absolute Gasteiger partial charge is 0.0158 e. The molecule has 0 bridgehead atoms. The summed E-state index contributed by atoms with van der Waals surface area (Å²) in [6.07, 6.45) is 4.13. The molecule has 0 aromatic heterocycles. The minimum Gasteiger partial charge on any atom is -0.253 e. The van der Waals surface area contributed by atoms with Crippen LogP contribution in [-0.2, 0) is 0 Å². The normalized spacial score (nSPS) is 21.9. The minimum atomic E-state index is 0. The number of hydrogen-bond donors (Lipinski definition) is 1. The molecule has 0 radical (unpaired) electrons. The molecule has 1 rings (SSSR count). The Morgan fingerprint density at radius 2 is 1.80 bits per heavy atom. The number of hydrazine groups is 1. The van der Waals surface area contributed by atoms with Crippen LogP contribution in [0, 0.1) is 0 Å². The molecule has 0 spiro atoms. The highest BCUT2D eigenvalue weighted by Gasteiger charge is 2.09. The van der Waals surface area contributed by atoms with Crippen LogP contribution in [0.3, 0.4) is 0 Å². The number of nitrogens with one attached hydrogen (secondary N) is 1. The first-order valence-electron chi connectivity index (χ1n) is 4.30. The Kier molecular flexibility index (Phi) is 3.16. The zero-order valence-electron chi connectivity index (χ0n) is 7.06. The van der Waals surface area contributed by atoms with Crippen molar-refractivity contribution in [3.63, 3.8) is 0 Å². The highest BCUT2D eigenvalue weighted by molar-refractivity contribution is 4.61. The van der Waals surface area contributed by atoms with Crippen LogP contribution in [0.2, 0.25) is 0 Å². The van der Waals surface area contributed by atoms with Gasteiger partial charge in [0.1, 0.15) is 0 Å². The highest BCUT2D eigenvalue weighted by atomic mass is 15.5. The molecule has 1 heterocycles. The van der Waals surface area contributed by atoms with E-state index in [2.05, 4.69) is 24.3 Å². The quantitative estimate of drug-likeness (QED) is 0.633. The van der Waals surface area contributed by atoms with Crippen LogP contribution in [0.15, 0.2) is 0 Å². The lowest BCUT2D eigenvalue weighted by atomic mass is 10.2. The lowest BCUT2D eigenvalue weighted by Crippen LogP contribution is -2.45. The van der Waals surface area contributed by atoms with E-state index in [1.165, 1.54) is 32.4 Å². The molecule has 2 nitrogen and oxygen atoms in total. The maximum Gasteiger partial charge on any atom is 0.0158 e. The molecule has 62 valence electrons. The molecule has 0 amide bonds. The summed E-state index contributed by atoms with van der Waals surface area (Å²) in [6.45, 7) is 6.85. The number of hydrogen-bond acceptors (Lipinski definition) is 2. The maximum atomic E-state index is 3.42. The first-order valence-corrected chi connectivity index (χ1v) is 4.30. The van der Waals surface area contributed by atoms with E-state index in [1.54, 1.807) is 0 Å². The van der Waals surface area contributed by atoms with E-state index in [-0.39, 0.29) is 1.43 Å². The molecule has 1 aliphatic rings. The van der Waals surface area contributed by atoms with Crippen LogP contribution >= 0.6 is 0 Å². The Hall–Kier alpha value is -0.0800. The topological polar surface area (TPSA) is 15.3 Å². The van der Waals surface area contributed by atoms with E-state index in [1.807, 2.05) is 0 Å². The molecular formula is C8H20N2. The van der Waals surface area contributed by atoms with Gasteiger partial charge >= 0.3 is 0 Å². The average molecular weight is 144 g/mol. The van der Waals surface area contributed by atoms with Gasteiger partial charge in [-0.15, -0.1) is 0 Å². The van der Waals surface area contributed by atoms with E-state index >= 15 is 0 Å². The van der Waals surface area contributed by atoms with Gasteiger partial charge in [0.15, 0.2) is 0 Å². The van der Waals surface area contributed by atoms with Crippen LogP contribution in [0.4, 0.5) is 0 Å². The van der Waals surface area contributed by atoms with E-state index in [0.29, 0.717) is 6.04 Å². The van der Waals surface area contributed by atoms with E-state index < -0.39 is 0 Å². The first kappa shape index (κ1) is 8.02. The first-order chi connectivity index (χ1) is 4.79. The second kappa shape index (κ2) is 3.94. The number of rotatable bonds is 2. The van der Waals surface area contributed by atoms with E-state index in [4.69, 9.17) is 0 Å². The van der Waals surface area contributed by atoms with Crippen LogP contribution in [0.25, 0.3) is 0 Å². The molecule has 2 heteroatoms. The molecule has 1 fully saturated rings. The van der Waals surface area contributed by atoms with Gasteiger partial charge in [-0.1, -0.05) is 6.42 Å². The molecule has 0 aliphatic carbocycles. The summed E-state index contributed by atoms with van der Waals surface area (Å²) in [5.41, 5.74) is 3.42. The Morgan fingerprint density at radius 1 is 1.20 bits per heavy atom. The van der Waals surface area contributed by atoms with Crippen molar-refractivity contribution in [1.82, 2.24) is 10.4 Å². The summed E-state index contributed by atoms with van der Waals surface area (Å²) in [4.78, 5) is 0. The maximum absolute atomic E-state index is 3.42. The molecule has 1 aliphatic heterocycles. The van der Waals surface area contributed by atoms with E-state index in [0.717, 1.165) is 0 Å². The number of piperidine rings is 1. The Morgan fingerprint density at radius 3 is 2.30 bits per heavy atom. The van der Waals surface area contributed by atoms with Crippen LogP contribution in [0.5, 0.6) is 0 Å². The van der Waals surface area contributed by atoms with Crippen molar-refractivity contribution >= 4 is 0 Å². The molecular weight excluding hydrogens is 124 g/mol. The fourth-order valence-electron chi connectivity index (χ4n) is 1.39. The van der Waals surface area contributed by atoms with Gasteiger partial charge in [0.05, 0.1) is 0 Å². The van der Waals surface area contributed by atoms with Gasteiger partial charge in [0.25, 0.3) is 0 Å². The molecule has 1 N–H and O–H groups in total. The standard InChI is InChI=1S/C8H18N2.H2/c1-8(2)9-10-6-4-3-5-7-10;/h8-9H,3-7H2,1-2H3;1H. The zero-order chi connectivity index (χ0) is 7.40. The minimum absolute atomic E-state index is 0. The van der Waals surface area contributed by atoms with Gasteiger partial charge < -0.3 is 0 Å². The third-order valence-electron chi connectivity index (χ3n) is 1.80. The summed E-state index contributed by atoms with van der Waals surface area (Å²) >= 11 is 0. The van der Waals surface area contributed by atoms with Crippen LogP contribution in [0.1, 0.15) is 34.5 Å². The van der Waals surface area contributed by atoms with Crippen molar-refractivity contribution in [2.24, 2.45) is 0 Å². The predicted molar refractivity (Wildman–Crippen MR) is 45.8 cm³/mol. The molecule has 1 saturated heterocycles. The summed E-state index contributed by atoms with van der Waals surface area (Å²) in [5.74, 6) is 0. The predicted octanol–water partition coefficient (Wildman–Crippen LogP) is 1.63. The molecule has 0 atom stereocenters. The van der Waals surface area contributed by atoms with Gasteiger partial charge in [-0.05, 0) is 26.7 Å². The Labute approximate surface area is 65.1 Å². The molecule has 0 aromatic rings. The van der Waals surface area contributed by atoms with Crippen molar-refractivity contribution in [2.45, 2.75) is 39.2 Å². The van der Waals surface area contributed by atoms with Crippen molar-refractivity contribution in [2.75, 3.05) is 13.1 Å². The van der Waals surface area contributed by atoms with E-state index in [9.17, 15) is 0 Å².